The summed E-state index contributed by atoms with van der Waals surface area (Å²) < 4.78 is 71.1. The van der Waals surface area contributed by atoms with E-state index < -0.39 is 0 Å². The third-order valence-corrected chi connectivity index (χ3v) is 8.35. The van der Waals surface area contributed by atoms with Crippen LogP contribution in [0, 0.1) is 5.92 Å². The summed E-state index contributed by atoms with van der Waals surface area (Å²) in [4.78, 5) is 0. The molecule has 0 aliphatic heterocycles. The minimum atomic E-state index is 0.0253. The number of allylic oxidation sites excluding steroid dienone is 4. The van der Waals surface area contributed by atoms with Crippen LogP contribution in [0.4, 0.5) is 0 Å². The minimum Gasteiger partial charge on any atom is -0.394 e. The summed E-state index contributed by atoms with van der Waals surface area (Å²) in [7, 11) is 0. The molecule has 0 amide bonds. The maximum absolute atomic E-state index is 8.59. The van der Waals surface area contributed by atoms with Crippen LogP contribution in [0.5, 0.6) is 0 Å². The van der Waals surface area contributed by atoms with Crippen LogP contribution in [0.1, 0.15) is 64.2 Å². The maximum atomic E-state index is 8.59. The highest BCUT2D eigenvalue weighted by Crippen LogP contribution is 2.18. The van der Waals surface area contributed by atoms with Gasteiger partial charge in [-0.05, 0) is 18.8 Å². The molecule has 0 heterocycles. The third-order valence-electron chi connectivity index (χ3n) is 8.35. The third kappa shape index (κ3) is 44.0. The highest BCUT2D eigenvalue weighted by Gasteiger charge is 2.03. The van der Waals surface area contributed by atoms with E-state index >= 15 is 0 Å². The zero-order chi connectivity index (χ0) is 39.8. The van der Waals surface area contributed by atoms with Crippen molar-refractivity contribution in [3.8, 4) is 0 Å². The van der Waals surface area contributed by atoms with E-state index in [1.165, 1.54) is 57.8 Å². The van der Waals surface area contributed by atoms with Crippen molar-refractivity contribution < 1.29 is 66.7 Å². The van der Waals surface area contributed by atoms with E-state index in [9.17, 15) is 0 Å². The monoisotopic (exact) mass is 809 g/mol. The van der Waals surface area contributed by atoms with Gasteiger partial charge in [-0.25, -0.2) is 0 Å². The topological polar surface area (TPSA) is 140 Å². The Morgan fingerprint density at radius 2 is 0.464 bits per heavy atom. The van der Waals surface area contributed by atoms with Crippen LogP contribution in [0.3, 0.4) is 0 Å². The van der Waals surface area contributed by atoms with E-state index in [2.05, 4.69) is 24.3 Å². The summed E-state index contributed by atoms with van der Waals surface area (Å²) in [6.07, 6.45) is 22.2. The van der Waals surface area contributed by atoms with Crippen LogP contribution in [0.2, 0.25) is 0 Å². The Kier molecular flexibility index (Phi) is 45.6. The normalized spacial score (nSPS) is 12.9. The van der Waals surface area contributed by atoms with Crippen molar-refractivity contribution >= 4 is 0 Å². The number of aliphatic hydroxyl groups is 1. The van der Waals surface area contributed by atoms with Gasteiger partial charge in [-0.2, -0.15) is 0 Å². The lowest BCUT2D eigenvalue weighted by Gasteiger charge is -2.09. The van der Waals surface area contributed by atoms with Gasteiger partial charge in [-0.15, -0.1) is 0 Å². The van der Waals surface area contributed by atoms with E-state index in [1.54, 1.807) is 0 Å². The second-order valence-electron chi connectivity index (χ2n) is 13.1. The van der Waals surface area contributed by atoms with Gasteiger partial charge in [-0.3, -0.25) is 0 Å². The number of aliphatic hydroxyl groups excluding tert-OH is 1. The first-order valence-electron chi connectivity index (χ1n) is 21.4. The van der Waals surface area contributed by atoms with Crippen molar-refractivity contribution in [2.24, 2.45) is 5.92 Å². The Hall–Kier alpha value is -1.08. The molecular weight excluding hydrogens is 728 g/mol. The Labute approximate surface area is 339 Å². The molecule has 14 nitrogen and oxygen atoms in total. The smallest absolute Gasteiger partial charge is 0.0701 e. The molecule has 0 aromatic carbocycles. The van der Waals surface area contributed by atoms with Crippen molar-refractivity contribution in [1.29, 1.82) is 0 Å². The van der Waals surface area contributed by atoms with E-state index in [0.29, 0.717) is 171 Å². The highest BCUT2D eigenvalue weighted by atomic mass is 16.6. The van der Waals surface area contributed by atoms with Gasteiger partial charge >= 0.3 is 0 Å². The molecule has 0 fully saturated rings. The molecule has 0 unspecified atom stereocenters. The van der Waals surface area contributed by atoms with Crippen LogP contribution in [-0.2, 0) is 61.6 Å². The molecule has 0 aromatic heterocycles. The summed E-state index contributed by atoms with van der Waals surface area (Å²) >= 11 is 0. The summed E-state index contributed by atoms with van der Waals surface area (Å²) in [6.45, 7) is 13.7. The van der Waals surface area contributed by atoms with Gasteiger partial charge in [0.1, 0.15) is 0 Å². The van der Waals surface area contributed by atoms with Gasteiger partial charge in [0.2, 0.25) is 0 Å². The number of hydrogen-bond donors (Lipinski definition) is 1. The van der Waals surface area contributed by atoms with Gasteiger partial charge in [-0.1, -0.05) is 75.7 Å². The van der Waals surface area contributed by atoms with Crippen molar-refractivity contribution in [1.82, 2.24) is 0 Å². The first-order chi connectivity index (χ1) is 27.9. The fourth-order valence-corrected chi connectivity index (χ4v) is 5.30. The number of hydrogen-bond acceptors (Lipinski definition) is 14. The summed E-state index contributed by atoms with van der Waals surface area (Å²) in [5.41, 5.74) is 0. The minimum absolute atomic E-state index is 0.0253. The van der Waals surface area contributed by atoms with Crippen molar-refractivity contribution in [2.75, 3.05) is 178 Å². The molecule has 1 aliphatic carbocycles. The molecule has 1 aliphatic rings. The molecule has 332 valence electrons. The predicted molar refractivity (Wildman–Crippen MR) is 216 cm³/mol. The fraction of sp³-hybridized carbons (Fsp3) is 0.905. The van der Waals surface area contributed by atoms with Gasteiger partial charge in [0, 0.05) is 6.61 Å². The second kappa shape index (κ2) is 48.3. The fourth-order valence-electron chi connectivity index (χ4n) is 5.30. The van der Waals surface area contributed by atoms with Gasteiger partial charge < -0.3 is 66.7 Å². The maximum Gasteiger partial charge on any atom is 0.0701 e. The molecule has 0 radical (unpaired) electrons. The summed E-state index contributed by atoms with van der Waals surface area (Å²) in [6, 6.07) is 0. The molecule has 0 aromatic rings. The highest BCUT2D eigenvalue weighted by molar-refractivity contribution is 5.17. The van der Waals surface area contributed by atoms with Gasteiger partial charge in [0.15, 0.2) is 0 Å². The Bertz CT molecular complexity index is 779. The molecule has 0 saturated heterocycles. The molecule has 1 N–H and O–H groups in total. The average Bonchev–Trinajstić information content (AvgIpc) is 3.74. The molecule has 0 saturated carbocycles. The SMILES string of the molecule is OCCOCCOCCOCCOCCOCCOCCOCCOCCOCCOCCOCCOCCOCCCCCCCCCCCC1C=CC=C1. The van der Waals surface area contributed by atoms with Crippen molar-refractivity contribution in [2.45, 2.75) is 64.2 Å². The van der Waals surface area contributed by atoms with E-state index in [4.69, 9.17) is 66.7 Å². The molecule has 14 heteroatoms. The van der Waals surface area contributed by atoms with Crippen LogP contribution < -0.4 is 0 Å². The first-order valence-corrected chi connectivity index (χ1v) is 21.4. The molecule has 0 spiro atoms. The quantitative estimate of drug-likeness (QED) is 0.0839. The summed E-state index contributed by atoms with van der Waals surface area (Å²) in [5.74, 6) is 0.701. The molecule has 1 rings (SSSR count). The number of unbranched alkanes of at least 4 members (excludes halogenated alkanes) is 8. The van der Waals surface area contributed by atoms with Crippen LogP contribution >= 0.6 is 0 Å². The lowest BCUT2D eigenvalue weighted by molar-refractivity contribution is -0.0292. The van der Waals surface area contributed by atoms with Gasteiger partial charge in [0.25, 0.3) is 0 Å². The van der Waals surface area contributed by atoms with E-state index in [1.807, 2.05) is 0 Å². The molecular formula is C42H80O14. The van der Waals surface area contributed by atoms with E-state index in [0.717, 1.165) is 13.0 Å². The zero-order valence-corrected chi connectivity index (χ0v) is 34.8. The molecule has 56 heavy (non-hydrogen) atoms. The standard InChI is InChI=1S/C42H80O14/c43-15-17-45-19-21-47-23-25-49-27-29-51-31-33-53-35-37-55-39-41-56-40-38-54-36-34-52-32-30-50-28-26-48-24-22-46-20-18-44-16-11-7-5-3-1-2-4-6-8-12-42-13-9-10-14-42/h9-10,13-14,42-43H,1-8,11-12,15-41H2. The molecule has 0 atom stereocenters. The largest absolute Gasteiger partial charge is 0.394 e. The lowest BCUT2D eigenvalue weighted by Crippen LogP contribution is -2.15. The zero-order valence-electron chi connectivity index (χ0n) is 34.8. The number of ether oxygens (including phenoxy) is 13. The van der Waals surface area contributed by atoms with Crippen LogP contribution in [-0.4, -0.2) is 183 Å². The lowest BCUT2D eigenvalue weighted by atomic mass is 10.0. The second-order valence-corrected chi connectivity index (χ2v) is 13.1. The Balaban J connectivity index is 1.58. The first kappa shape index (κ1) is 52.9. The van der Waals surface area contributed by atoms with E-state index in [-0.39, 0.29) is 6.61 Å². The Morgan fingerprint density at radius 3 is 0.732 bits per heavy atom. The van der Waals surface area contributed by atoms with Gasteiger partial charge in [0.05, 0.1) is 172 Å². The van der Waals surface area contributed by atoms with Crippen LogP contribution in [0.25, 0.3) is 0 Å². The Morgan fingerprint density at radius 1 is 0.250 bits per heavy atom. The average molecular weight is 809 g/mol. The van der Waals surface area contributed by atoms with Crippen LogP contribution in [0.15, 0.2) is 24.3 Å². The predicted octanol–water partition coefficient (Wildman–Crippen LogP) is 4.84. The van der Waals surface area contributed by atoms with Crippen molar-refractivity contribution in [3.05, 3.63) is 24.3 Å². The number of rotatable bonds is 50. The molecule has 0 bridgehead atoms. The summed E-state index contributed by atoms with van der Waals surface area (Å²) in [5, 5.41) is 8.59. The van der Waals surface area contributed by atoms with Crippen molar-refractivity contribution in [3.63, 3.8) is 0 Å².